The number of nitrogens with one attached hydrogen (secondary N) is 1. The summed E-state index contributed by atoms with van der Waals surface area (Å²) >= 11 is 0. The van der Waals surface area contributed by atoms with Crippen molar-refractivity contribution in [3.63, 3.8) is 0 Å². The molecule has 17 heavy (non-hydrogen) atoms. The third-order valence-corrected chi connectivity index (χ3v) is 2.94. The Morgan fingerprint density at radius 1 is 1.29 bits per heavy atom. The zero-order valence-corrected chi connectivity index (χ0v) is 10.0. The van der Waals surface area contributed by atoms with E-state index in [1.54, 1.807) is 0 Å². The number of piperidine rings is 1. The summed E-state index contributed by atoms with van der Waals surface area (Å²) in [6.45, 7) is 2.85. The Balaban J connectivity index is 2.10. The van der Waals surface area contributed by atoms with Crippen molar-refractivity contribution in [1.29, 1.82) is 0 Å². The number of hydrogen-bond acceptors (Lipinski definition) is 4. The summed E-state index contributed by atoms with van der Waals surface area (Å²) in [6.07, 6.45) is 4.08. The molecule has 0 spiro atoms. The van der Waals surface area contributed by atoms with Crippen molar-refractivity contribution in [2.24, 2.45) is 5.73 Å². The zero-order chi connectivity index (χ0) is 12.7. The number of carbonyl (C=O) groups is 2. The molecule has 1 unspecified atom stereocenters. The molecular weight excluding hydrogens is 222 g/mol. The minimum atomic E-state index is -1.10. The van der Waals surface area contributed by atoms with Crippen molar-refractivity contribution >= 4 is 11.9 Å². The van der Waals surface area contributed by atoms with Crippen LogP contribution >= 0.6 is 0 Å². The average Bonchev–Trinajstić information content (AvgIpc) is 2.34. The second-order valence-electron chi connectivity index (χ2n) is 4.40. The van der Waals surface area contributed by atoms with Crippen molar-refractivity contribution < 1.29 is 14.7 Å². The van der Waals surface area contributed by atoms with E-state index in [2.05, 4.69) is 10.2 Å². The molecule has 1 heterocycles. The summed E-state index contributed by atoms with van der Waals surface area (Å²) in [6, 6.07) is -1.02. The predicted octanol–water partition coefficient (Wildman–Crippen LogP) is -0.609. The Morgan fingerprint density at radius 3 is 2.53 bits per heavy atom. The molecule has 0 bridgehead atoms. The maximum absolute atomic E-state index is 11.4. The Labute approximate surface area is 101 Å². The maximum Gasteiger partial charge on any atom is 0.322 e. The summed E-state index contributed by atoms with van der Waals surface area (Å²) in [5.41, 5.74) is 5.28. The van der Waals surface area contributed by atoms with Gasteiger partial charge >= 0.3 is 5.97 Å². The minimum absolute atomic E-state index is 0.00579. The van der Waals surface area contributed by atoms with E-state index in [4.69, 9.17) is 10.8 Å². The molecule has 1 fully saturated rings. The van der Waals surface area contributed by atoms with Gasteiger partial charge in [0.05, 0.1) is 0 Å². The second-order valence-corrected chi connectivity index (χ2v) is 4.40. The van der Waals surface area contributed by atoms with E-state index in [1.165, 1.54) is 19.3 Å². The first-order valence-corrected chi connectivity index (χ1v) is 6.07. The van der Waals surface area contributed by atoms with Crippen LogP contribution in [0.25, 0.3) is 0 Å². The van der Waals surface area contributed by atoms with Gasteiger partial charge in [-0.1, -0.05) is 6.42 Å². The molecule has 0 aromatic carbocycles. The van der Waals surface area contributed by atoms with Gasteiger partial charge in [-0.05, 0) is 25.9 Å². The van der Waals surface area contributed by atoms with E-state index in [9.17, 15) is 9.59 Å². The molecule has 1 saturated heterocycles. The number of hydrogen-bond donors (Lipinski definition) is 3. The Kier molecular flexibility index (Phi) is 5.93. The Bertz CT molecular complexity index is 265. The fourth-order valence-electron chi connectivity index (χ4n) is 1.84. The van der Waals surface area contributed by atoms with Crippen LogP contribution in [0.1, 0.15) is 25.7 Å². The average molecular weight is 243 g/mol. The number of carboxylic acid groups (broad SMARTS) is 1. The first-order valence-electron chi connectivity index (χ1n) is 6.07. The molecule has 4 N–H and O–H groups in total. The molecule has 0 aromatic rings. The molecule has 1 amide bonds. The number of carboxylic acids is 1. The number of carbonyl (C=O) groups excluding carboxylic acids is 1. The smallest absolute Gasteiger partial charge is 0.322 e. The van der Waals surface area contributed by atoms with Gasteiger partial charge in [0.25, 0.3) is 0 Å². The first kappa shape index (κ1) is 13.9. The lowest BCUT2D eigenvalue weighted by Crippen LogP contribution is -2.43. The molecular formula is C11H21N3O3. The summed E-state index contributed by atoms with van der Waals surface area (Å²) in [4.78, 5) is 24.1. The van der Waals surface area contributed by atoms with Crippen molar-refractivity contribution in [1.82, 2.24) is 10.2 Å². The Hall–Kier alpha value is -1.14. The monoisotopic (exact) mass is 243 g/mol. The molecule has 98 valence electrons. The lowest BCUT2D eigenvalue weighted by molar-refractivity contribution is -0.138. The van der Waals surface area contributed by atoms with E-state index >= 15 is 0 Å². The van der Waals surface area contributed by atoms with Gasteiger partial charge in [0.15, 0.2) is 0 Å². The van der Waals surface area contributed by atoms with Gasteiger partial charge in [0.2, 0.25) is 5.91 Å². The summed E-state index contributed by atoms with van der Waals surface area (Å²) < 4.78 is 0. The molecule has 6 nitrogen and oxygen atoms in total. The van der Waals surface area contributed by atoms with Gasteiger partial charge in [-0.2, -0.15) is 0 Å². The van der Waals surface area contributed by atoms with Crippen molar-refractivity contribution in [3.8, 4) is 0 Å². The van der Waals surface area contributed by atoms with E-state index in [0.717, 1.165) is 19.6 Å². The van der Waals surface area contributed by atoms with Crippen LogP contribution in [0.2, 0.25) is 0 Å². The van der Waals surface area contributed by atoms with Crippen LogP contribution < -0.4 is 11.1 Å². The van der Waals surface area contributed by atoms with Crippen LogP contribution in [-0.4, -0.2) is 54.1 Å². The number of likely N-dealkylation sites (tertiary alicyclic amines) is 1. The lowest BCUT2D eigenvalue weighted by Gasteiger charge is -2.26. The summed E-state index contributed by atoms with van der Waals surface area (Å²) in [5.74, 6) is -1.23. The molecule has 1 atom stereocenters. The zero-order valence-electron chi connectivity index (χ0n) is 10.0. The third-order valence-electron chi connectivity index (χ3n) is 2.94. The molecule has 0 aromatic heterocycles. The van der Waals surface area contributed by atoms with Crippen LogP contribution in [0, 0.1) is 0 Å². The van der Waals surface area contributed by atoms with Gasteiger partial charge in [-0.25, -0.2) is 0 Å². The van der Waals surface area contributed by atoms with E-state index in [1.807, 2.05) is 0 Å². The predicted molar refractivity (Wildman–Crippen MR) is 63.5 cm³/mol. The van der Waals surface area contributed by atoms with Gasteiger partial charge in [-0.3, -0.25) is 9.59 Å². The highest BCUT2D eigenvalue weighted by molar-refractivity contribution is 5.78. The Morgan fingerprint density at radius 2 is 1.94 bits per heavy atom. The van der Waals surface area contributed by atoms with Crippen molar-refractivity contribution in [2.75, 3.05) is 26.2 Å². The largest absolute Gasteiger partial charge is 0.480 e. The molecule has 1 aliphatic heterocycles. The highest BCUT2D eigenvalue weighted by atomic mass is 16.4. The fourth-order valence-corrected chi connectivity index (χ4v) is 1.84. The number of nitrogens with zero attached hydrogens (tertiary/aromatic N) is 1. The highest BCUT2D eigenvalue weighted by Gasteiger charge is 2.14. The van der Waals surface area contributed by atoms with E-state index in [-0.39, 0.29) is 12.5 Å². The van der Waals surface area contributed by atoms with Gasteiger partial charge in [-0.15, -0.1) is 0 Å². The topological polar surface area (TPSA) is 95.7 Å². The first-order chi connectivity index (χ1) is 8.09. The lowest BCUT2D eigenvalue weighted by atomic mass is 10.1. The number of aliphatic carboxylic acids is 1. The van der Waals surface area contributed by atoms with Gasteiger partial charge < -0.3 is 21.1 Å². The molecule has 0 radical (unpaired) electrons. The standard InChI is InChI=1S/C11H21N3O3/c12-9(11(16)17)8-13-10(15)4-7-14-5-2-1-3-6-14/h9H,1-8,12H2,(H,13,15)(H,16,17). The highest BCUT2D eigenvalue weighted by Crippen LogP contribution is 2.08. The van der Waals surface area contributed by atoms with Crippen molar-refractivity contribution in [2.45, 2.75) is 31.7 Å². The number of rotatable bonds is 6. The summed E-state index contributed by atoms with van der Waals surface area (Å²) in [7, 11) is 0. The third kappa shape index (κ3) is 5.65. The molecule has 0 saturated carbocycles. The van der Waals surface area contributed by atoms with Crippen molar-refractivity contribution in [3.05, 3.63) is 0 Å². The second kappa shape index (κ2) is 7.24. The molecule has 6 heteroatoms. The van der Waals surface area contributed by atoms with Crippen LogP contribution in [0.3, 0.4) is 0 Å². The quantitative estimate of drug-likeness (QED) is 0.578. The minimum Gasteiger partial charge on any atom is -0.480 e. The van der Waals surface area contributed by atoms with E-state index < -0.39 is 12.0 Å². The van der Waals surface area contributed by atoms with Crippen LogP contribution in [0.4, 0.5) is 0 Å². The van der Waals surface area contributed by atoms with E-state index in [0.29, 0.717) is 6.42 Å². The normalized spacial score (nSPS) is 18.6. The molecule has 1 rings (SSSR count). The molecule has 0 aliphatic carbocycles. The van der Waals surface area contributed by atoms with Gasteiger partial charge in [0, 0.05) is 19.5 Å². The number of amides is 1. The fraction of sp³-hybridized carbons (Fsp3) is 0.818. The van der Waals surface area contributed by atoms with Crippen LogP contribution in [0.5, 0.6) is 0 Å². The molecule has 1 aliphatic rings. The maximum atomic E-state index is 11.4. The summed E-state index contributed by atoms with van der Waals surface area (Å²) in [5, 5.41) is 11.1. The SMILES string of the molecule is NC(CNC(=O)CCN1CCCCC1)C(=O)O. The van der Waals surface area contributed by atoms with Crippen LogP contribution in [0.15, 0.2) is 0 Å². The number of nitrogens with two attached hydrogens (primary N) is 1. The van der Waals surface area contributed by atoms with Gasteiger partial charge in [0.1, 0.15) is 6.04 Å². The van der Waals surface area contributed by atoms with Crippen LogP contribution in [-0.2, 0) is 9.59 Å².